The molecule has 0 bridgehead atoms. The molecule has 4 nitrogen and oxygen atoms in total. The van der Waals surface area contributed by atoms with Gasteiger partial charge in [-0.1, -0.05) is 97.4 Å². The van der Waals surface area contributed by atoms with Crippen LogP contribution in [-0.2, 0) is 28.8 Å². The fourth-order valence-corrected chi connectivity index (χ4v) is 8.88. The molecule has 55 heavy (non-hydrogen) atoms. The van der Waals surface area contributed by atoms with Crippen LogP contribution < -0.4 is 9.64 Å². The van der Waals surface area contributed by atoms with Gasteiger partial charge in [0.2, 0.25) is 0 Å². The van der Waals surface area contributed by atoms with E-state index in [1.54, 1.807) is 6.92 Å². The summed E-state index contributed by atoms with van der Waals surface area (Å²) in [5.74, 6) is 1.86. The van der Waals surface area contributed by atoms with Gasteiger partial charge in [-0.2, -0.15) is 0 Å². The van der Waals surface area contributed by atoms with Crippen LogP contribution in [0.25, 0.3) is 11.1 Å². The first-order chi connectivity index (χ1) is 26.4. The van der Waals surface area contributed by atoms with Gasteiger partial charge in [-0.05, 0) is 174 Å². The molecule has 5 atom stereocenters. The first-order valence-electron chi connectivity index (χ1n) is 22.0. The summed E-state index contributed by atoms with van der Waals surface area (Å²) < 4.78 is 11.4. The van der Waals surface area contributed by atoms with Crippen LogP contribution in [0.3, 0.4) is 0 Å². The average molecular weight is 752 g/mol. The van der Waals surface area contributed by atoms with E-state index in [0.717, 1.165) is 57.1 Å². The van der Waals surface area contributed by atoms with Crippen molar-refractivity contribution in [3.63, 3.8) is 0 Å². The third-order valence-corrected chi connectivity index (χ3v) is 12.2. The van der Waals surface area contributed by atoms with E-state index in [1.165, 1.54) is 76.7 Å². The molecule has 0 radical (unpaired) electrons. The van der Waals surface area contributed by atoms with Crippen LogP contribution in [0.4, 0.5) is 5.69 Å². The van der Waals surface area contributed by atoms with Crippen molar-refractivity contribution in [2.45, 2.75) is 178 Å². The van der Waals surface area contributed by atoms with Crippen molar-refractivity contribution in [2.75, 3.05) is 11.5 Å². The fraction of sp³-hybridized carbons (Fsp3) is 0.588. The van der Waals surface area contributed by atoms with Crippen LogP contribution in [0.5, 0.6) is 5.75 Å². The van der Waals surface area contributed by atoms with Crippen LogP contribution in [0.2, 0.25) is 0 Å². The molecule has 0 N–H and O–H groups in total. The largest absolute Gasteiger partial charge is 0.494 e. The molecule has 304 valence electrons. The van der Waals surface area contributed by atoms with Gasteiger partial charge in [-0.15, -0.1) is 0 Å². The Morgan fingerprint density at radius 1 is 0.745 bits per heavy atom. The monoisotopic (exact) mass is 752 g/mol. The number of carbonyl (C=O) groups is 1. The molecule has 0 saturated heterocycles. The number of nitrogens with zero attached hydrogens (tertiary/aromatic N) is 1. The second-order valence-corrected chi connectivity index (χ2v) is 16.2. The molecule has 0 aliphatic carbocycles. The van der Waals surface area contributed by atoms with Gasteiger partial charge in [0, 0.05) is 23.3 Å². The predicted octanol–water partition coefficient (Wildman–Crippen LogP) is 14.0. The highest BCUT2D eigenvalue weighted by Crippen LogP contribution is 2.41. The van der Waals surface area contributed by atoms with E-state index in [0.29, 0.717) is 36.1 Å². The van der Waals surface area contributed by atoms with E-state index < -0.39 is 0 Å². The van der Waals surface area contributed by atoms with E-state index in [2.05, 4.69) is 121 Å². The summed E-state index contributed by atoms with van der Waals surface area (Å²) in [6.07, 6.45) is 14.3. The molecule has 3 aromatic carbocycles. The Labute approximate surface area is 337 Å². The molecule has 0 amide bonds. The maximum Gasteiger partial charge on any atom is 0.333 e. The highest BCUT2D eigenvalue weighted by atomic mass is 16.5. The Morgan fingerprint density at radius 3 is 2.04 bits per heavy atom. The lowest BCUT2D eigenvalue weighted by molar-refractivity contribution is -0.143. The number of ether oxygens (including phenoxy) is 2. The number of rotatable bonds is 25. The zero-order valence-electron chi connectivity index (χ0n) is 36.9. The second-order valence-electron chi connectivity index (χ2n) is 16.2. The molecular formula is C51H77NO3. The van der Waals surface area contributed by atoms with Crippen molar-refractivity contribution in [2.24, 2.45) is 11.8 Å². The van der Waals surface area contributed by atoms with Gasteiger partial charge in [-0.25, -0.2) is 4.79 Å². The van der Waals surface area contributed by atoms with Crippen molar-refractivity contribution < 1.29 is 14.3 Å². The van der Waals surface area contributed by atoms with Crippen LogP contribution in [0.15, 0.2) is 66.7 Å². The zero-order chi connectivity index (χ0) is 40.5. The lowest BCUT2D eigenvalue weighted by atomic mass is 9.82. The standard InChI is InChI=1S/C51H77NO3/c1-13-21-46(25-20-23-41-28-33-47(34-29-41)54-18-6)52(45(17-5)32-26-37(9)42(14-2)30-27-39(11)55-51(53)36(7)8)48-35-31-44(16-4)50(40(48)12)49-38(10)22-19-24-43(49)15-3/h19,22,24,28-29,31,33-35,37,39,42,45-46H,7,13-18,20-21,23,25-27,30,32H2,1-6,8-12H3. The van der Waals surface area contributed by atoms with Crippen molar-refractivity contribution in [1.82, 2.24) is 0 Å². The minimum Gasteiger partial charge on any atom is -0.494 e. The van der Waals surface area contributed by atoms with Gasteiger partial charge in [0.05, 0.1) is 12.7 Å². The Kier molecular flexibility index (Phi) is 19.6. The van der Waals surface area contributed by atoms with Crippen molar-refractivity contribution >= 4 is 11.7 Å². The number of aryl methyl sites for hydroxylation is 4. The summed E-state index contributed by atoms with van der Waals surface area (Å²) in [5.41, 5.74) is 11.9. The van der Waals surface area contributed by atoms with Crippen LogP contribution in [0, 0.1) is 25.7 Å². The minimum absolute atomic E-state index is 0.0912. The molecule has 0 aromatic heterocycles. The molecule has 3 aromatic rings. The first kappa shape index (κ1) is 45.9. The van der Waals surface area contributed by atoms with E-state index in [-0.39, 0.29) is 12.1 Å². The maximum absolute atomic E-state index is 12.1. The second kappa shape index (κ2) is 23.5. The Hall–Kier alpha value is -3.53. The lowest BCUT2D eigenvalue weighted by Crippen LogP contribution is -2.44. The summed E-state index contributed by atoms with van der Waals surface area (Å²) in [4.78, 5) is 15.1. The van der Waals surface area contributed by atoms with E-state index in [4.69, 9.17) is 9.47 Å². The third-order valence-electron chi connectivity index (χ3n) is 12.2. The Balaban J connectivity index is 2.00. The van der Waals surface area contributed by atoms with E-state index in [9.17, 15) is 4.79 Å². The van der Waals surface area contributed by atoms with Crippen molar-refractivity contribution in [3.05, 3.63) is 94.6 Å². The first-order valence-corrected chi connectivity index (χ1v) is 22.0. The van der Waals surface area contributed by atoms with Crippen LogP contribution >= 0.6 is 0 Å². The van der Waals surface area contributed by atoms with Gasteiger partial charge in [-0.3, -0.25) is 0 Å². The molecule has 4 heteroatoms. The summed E-state index contributed by atoms with van der Waals surface area (Å²) in [6, 6.07) is 21.4. The maximum atomic E-state index is 12.1. The van der Waals surface area contributed by atoms with E-state index >= 15 is 0 Å². The fourth-order valence-electron chi connectivity index (χ4n) is 8.88. The molecule has 0 heterocycles. The topological polar surface area (TPSA) is 38.8 Å². The SMILES string of the molecule is C=C(C)C(=O)OC(C)CCC(CC)C(C)CCC(CC)N(c1ccc(CC)c(-c2c(C)cccc2CC)c1C)C(CCC)CCCc1ccc(OCC)cc1. The molecule has 0 spiro atoms. The lowest BCUT2D eigenvalue weighted by Gasteiger charge is -2.42. The van der Waals surface area contributed by atoms with Crippen molar-refractivity contribution in [3.8, 4) is 16.9 Å². The normalized spacial score (nSPS) is 14.2. The molecular weight excluding hydrogens is 675 g/mol. The molecule has 0 fully saturated rings. The molecule has 0 aliphatic rings. The quantitative estimate of drug-likeness (QED) is 0.0638. The number of esters is 1. The van der Waals surface area contributed by atoms with Gasteiger partial charge in [0.1, 0.15) is 5.75 Å². The Bertz CT molecular complexity index is 1610. The van der Waals surface area contributed by atoms with Crippen LogP contribution in [0.1, 0.15) is 154 Å². The van der Waals surface area contributed by atoms with Gasteiger partial charge >= 0.3 is 5.97 Å². The summed E-state index contributed by atoms with van der Waals surface area (Å²) in [6.45, 7) is 29.1. The Morgan fingerprint density at radius 2 is 1.44 bits per heavy atom. The number of anilines is 1. The number of hydrogen-bond acceptors (Lipinski definition) is 4. The summed E-state index contributed by atoms with van der Waals surface area (Å²) >= 11 is 0. The zero-order valence-corrected chi connectivity index (χ0v) is 36.9. The average Bonchev–Trinajstić information content (AvgIpc) is 3.17. The minimum atomic E-state index is -0.278. The number of hydrogen-bond donors (Lipinski definition) is 0. The molecule has 3 rings (SSSR count). The number of benzene rings is 3. The highest BCUT2D eigenvalue weighted by molar-refractivity contribution is 5.87. The summed E-state index contributed by atoms with van der Waals surface area (Å²) in [7, 11) is 0. The molecule has 0 aliphatic heterocycles. The molecule has 0 saturated carbocycles. The van der Waals surface area contributed by atoms with Gasteiger partial charge < -0.3 is 14.4 Å². The van der Waals surface area contributed by atoms with Crippen LogP contribution in [-0.4, -0.2) is 30.8 Å². The predicted molar refractivity (Wildman–Crippen MR) is 238 cm³/mol. The highest BCUT2D eigenvalue weighted by Gasteiger charge is 2.29. The third kappa shape index (κ3) is 13.0. The van der Waals surface area contributed by atoms with Crippen molar-refractivity contribution in [1.29, 1.82) is 0 Å². The van der Waals surface area contributed by atoms with E-state index in [1.807, 2.05) is 13.8 Å². The summed E-state index contributed by atoms with van der Waals surface area (Å²) in [5, 5.41) is 0. The number of carbonyl (C=O) groups excluding carboxylic acids is 1. The molecule has 5 unspecified atom stereocenters. The van der Waals surface area contributed by atoms with Gasteiger partial charge in [0.25, 0.3) is 0 Å². The smallest absolute Gasteiger partial charge is 0.333 e. The van der Waals surface area contributed by atoms with Gasteiger partial charge in [0.15, 0.2) is 0 Å².